The van der Waals surface area contributed by atoms with Crippen LogP contribution in [0.3, 0.4) is 0 Å². The maximum absolute atomic E-state index is 12.0. The highest BCUT2D eigenvalue weighted by molar-refractivity contribution is 5.83. The molecule has 13 nitrogen and oxygen atoms in total. The van der Waals surface area contributed by atoms with Gasteiger partial charge in [0.1, 0.15) is 18.8 Å². The van der Waals surface area contributed by atoms with Crippen molar-refractivity contribution in [3.05, 3.63) is 35.4 Å². The monoisotopic (exact) mass is 575 g/mol. The minimum absolute atomic E-state index is 0.180. The van der Waals surface area contributed by atoms with Crippen LogP contribution in [0.15, 0.2) is 24.3 Å². The van der Waals surface area contributed by atoms with Gasteiger partial charge in [0.25, 0.3) is 0 Å². The first-order valence-electron chi connectivity index (χ1n) is 12.6. The Hall–Kier alpha value is -4.44. The number of hydrogen-bond donors (Lipinski definition) is 1. The quantitative estimate of drug-likeness (QED) is 0.244. The van der Waals surface area contributed by atoms with E-state index in [0.717, 1.165) is 20.8 Å². The average Bonchev–Trinajstić information content (AvgIpc) is 2.88. The predicted molar refractivity (Wildman–Crippen MR) is 139 cm³/mol. The van der Waals surface area contributed by atoms with Crippen molar-refractivity contribution in [1.29, 1.82) is 0 Å². The van der Waals surface area contributed by atoms with Gasteiger partial charge in [0.05, 0.1) is 7.11 Å². The number of carbonyl (C=O) groups is 6. The predicted octanol–water partition coefficient (Wildman–Crippen LogP) is 0.384. The van der Waals surface area contributed by atoms with Crippen LogP contribution in [0.5, 0.6) is 0 Å². The average molecular weight is 576 g/mol. The molecule has 0 aromatic heterocycles. The van der Waals surface area contributed by atoms with Gasteiger partial charge in [-0.25, -0.2) is 4.79 Å². The summed E-state index contributed by atoms with van der Waals surface area (Å²) >= 11 is 0. The molecule has 1 heterocycles. The zero-order valence-corrected chi connectivity index (χ0v) is 23.6. The number of nitrogens with one attached hydrogen (secondary N) is 1. The topological polar surface area (TPSA) is 170 Å². The lowest BCUT2D eigenvalue weighted by Gasteiger charge is -2.42. The highest BCUT2D eigenvalue weighted by Crippen LogP contribution is 2.29. The first-order valence-corrected chi connectivity index (χ1v) is 12.6. The van der Waals surface area contributed by atoms with E-state index in [0.29, 0.717) is 11.1 Å². The van der Waals surface area contributed by atoms with Crippen LogP contribution in [-0.2, 0) is 63.6 Å². The van der Waals surface area contributed by atoms with Gasteiger partial charge < -0.3 is 33.7 Å². The van der Waals surface area contributed by atoms with Crippen LogP contribution in [-0.4, -0.2) is 86.0 Å². The smallest absolute Gasteiger partial charge is 0.328 e. The number of benzene rings is 1. The Morgan fingerprint density at radius 2 is 1.39 bits per heavy atom. The summed E-state index contributed by atoms with van der Waals surface area (Å²) in [4.78, 5) is 70.6. The first-order chi connectivity index (χ1) is 19.3. The molecule has 1 aromatic carbocycles. The summed E-state index contributed by atoms with van der Waals surface area (Å²) in [5.74, 6) is 1.93. The Morgan fingerprint density at radius 1 is 0.829 bits per heavy atom. The number of hydrogen-bond acceptors (Lipinski definition) is 12. The second-order valence-corrected chi connectivity index (χ2v) is 9.07. The highest BCUT2D eigenvalue weighted by atomic mass is 16.7. The van der Waals surface area contributed by atoms with Crippen molar-refractivity contribution >= 4 is 35.8 Å². The van der Waals surface area contributed by atoms with E-state index in [2.05, 4.69) is 17.2 Å². The zero-order valence-electron chi connectivity index (χ0n) is 23.6. The van der Waals surface area contributed by atoms with Crippen LogP contribution in [0.2, 0.25) is 0 Å². The fourth-order valence-corrected chi connectivity index (χ4v) is 4.04. The number of amides is 1. The van der Waals surface area contributed by atoms with Crippen molar-refractivity contribution in [1.82, 2.24) is 5.32 Å². The molecule has 222 valence electrons. The molecular weight excluding hydrogens is 542 g/mol. The van der Waals surface area contributed by atoms with Crippen LogP contribution < -0.4 is 5.32 Å². The number of carbonyl (C=O) groups excluding carboxylic acids is 6. The zero-order chi connectivity index (χ0) is 30.7. The van der Waals surface area contributed by atoms with Crippen LogP contribution in [0.1, 0.15) is 45.7 Å². The molecule has 13 heteroatoms. The van der Waals surface area contributed by atoms with Gasteiger partial charge in [-0.3, -0.25) is 24.0 Å². The summed E-state index contributed by atoms with van der Waals surface area (Å²) in [6.07, 6.45) is -5.99. The van der Waals surface area contributed by atoms with Gasteiger partial charge in [-0.1, -0.05) is 24.0 Å². The minimum Gasteiger partial charge on any atom is -0.467 e. The molecule has 1 aliphatic rings. The Kier molecular flexibility index (Phi) is 12.3. The van der Waals surface area contributed by atoms with E-state index < -0.39 is 66.4 Å². The third-order valence-corrected chi connectivity index (χ3v) is 5.61. The molecule has 0 bridgehead atoms. The molecular formula is C28H33NO12. The molecule has 0 unspecified atom stereocenters. The van der Waals surface area contributed by atoms with Gasteiger partial charge >= 0.3 is 29.8 Å². The van der Waals surface area contributed by atoms with E-state index in [1.54, 1.807) is 24.3 Å². The van der Waals surface area contributed by atoms with E-state index in [-0.39, 0.29) is 18.9 Å². The Morgan fingerprint density at radius 3 is 1.90 bits per heavy atom. The van der Waals surface area contributed by atoms with Crippen molar-refractivity contribution < 1.29 is 57.2 Å². The summed E-state index contributed by atoms with van der Waals surface area (Å²) < 4.78 is 31.9. The van der Waals surface area contributed by atoms with E-state index in [9.17, 15) is 28.8 Å². The van der Waals surface area contributed by atoms with E-state index >= 15 is 0 Å². The normalized spacial score (nSPS) is 22.0. The molecule has 1 saturated heterocycles. The summed E-state index contributed by atoms with van der Waals surface area (Å²) in [7, 11) is 1.23. The summed E-state index contributed by atoms with van der Waals surface area (Å²) in [6.45, 7) is 5.52. The number of rotatable bonds is 9. The van der Waals surface area contributed by atoms with Crippen LogP contribution in [0.4, 0.5) is 0 Å². The fraction of sp³-hybridized carbons (Fsp3) is 0.500. The molecule has 0 spiro atoms. The lowest BCUT2D eigenvalue weighted by molar-refractivity contribution is -0.242. The second kappa shape index (κ2) is 15.4. The van der Waals surface area contributed by atoms with Crippen molar-refractivity contribution in [2.75, 3.05) is 13.7 Å². The van der Waals surface area contributed by atoms with Gasteiger partial charge in [-0.05, 0) is 17.7 Å². The van der Waals surface area contributed by atoms with Gasteiger partial charge in [-0.2, -0.15) is 0 Å². The number of esters is 5. The molecule has 1 N–H and O–H groups in total. The number of methoxy groups -OCH3 is 1. The van der Waals surface area contributed by atoms with Crippen molar-refractivity contribution in [3.63, 3.8) is 0 Å². The fourth-order valence-electron chi connectivity index (χ4n) is 4.04. The van der Waals surface area contributed by atoms with Gasteiger partial charge in [0.15, 0.2) is 24.4 Å². The molecule has 6 atom stereocenters. The van der Waals surface area contributed by atoms with Gasteiger partial charge in [0.2, 0.25) is 5.91 Å². The molecule has 2 rings (SSSR count). The molecule has 1 aromatic rings. The molecule has 1 fully saturated rings. The molecule has 0 aliphatic carbocycles. The van der Waals surface area contributed by atoms with Gasteiger partial charge in [-0.15, -0.1) is 0 Å². The molecule has 41 heavy (non-hydrogen) atoms. The van der Waals surface area contributed by atoms with Crippen molar-refractivity contribution in [2.24, 2.45) is 0 Å². The first kappa shape index (κ1) is 32.8. The Balaban J connectivity index is 2.39. The summed E-state index contributed by atoms with van der Waals surface area (Å²) in [5, 5.41) is 2.54. The Labute approximate surface area is 237 Å². The third-order valence-electron chi connectivity index (χ3n) is 5.61. The van der Waals surface area contributed by atoms with Crippen LogP contribution in [0.25, 0.3) is 0 Å². The minimum atomic E-state index is -1.32. The molecule has 0 radical (unpaired) electrons. The molecule has 0 saturated carbocycles. The summed E-state index contributed by atoms with van der Waals surface area (Å²) in [5.41, 5.74) is 1.22. The SMILES string of the molecule is COC(=O)[C@@H](Cc1ccc(C#C[C@@H]2O[C@H](COC(C)=O)[C@@H](OC(C)=O)[C@H](OC(C)=O)[C@H]2OC(C)=O)cc1)NC(C)=O. The third kappa shape index (κ3) is 10.6. The maximum Gasteiger partial charge on any atom is 0.328 e. The lowest BCUT2D eigenvalue weighted by Crippen LogP contribution is -2.62. The van der Waals surface area contributed by atoms with E-state index in [4.69, 9.17) is 28.4 Å². The molecule has 1 amide bonds. The van der Waals surface area contributed by atoms with E-state index in [1.165, 1.54) is 21.0 Å². The summed E-state index contributed by atoms with van der Waals surface area (Å²) in [6, 6.07) is 5.86. The van der Waals surface area contributed by atoms with Crippen LogP contribution in [0, 0.1) is 11.8 Å². The van der Waals surface area contributed by atoms with E-state index in [1.807, 2.05) is 0 Å². The standard InChI is InChI=1S/C28H33NO12/c1-15(30)29-22(28(35)36-6)13-21-9-7-20(8-10-21)11-12-23-25(38-17(3)32)27(40-19(5)34)26(39-18(4)33)24(41-23)14-37-16(2)31/h7-10,22-27H,13-14H2,1-6H3,(H,29,30)/t22-,23+,24-,25+,26-,27-/m1/s1. The molecule has 1 aliphatic heterocycles. The maximum atomic E-state index is 12.0. The van der Waals surface area contributed by atoms with Crippen molar-refractivity contribution in [3.8, 4) is 11.8 Å². The Bertz CT molecular complexity index is 1200. The second-order valence-electron chi connectivity index (χ2n) is 9.07. The number of ether oxygens (including phenoxy) is 6. The highest BCUT2D eigenvalue weighted by Gasteiger charge is 2.51. The van der Waals surface area contributed by atoms with Gasteiger partial charge in [0, 0.05) is 46.6 Å². The largest absolute Gasteiger partial charge is 0.467 e. The van der Waals surface area contributed by atoms with Crippen LogP contribution >= 0.6 is 0 Å². The van der Waals surface area contributed by atoms with Crippen molar-refractivity contribution in [2.45, 2.75) is 77.6 Å². The lowest BCUT2D eigenvalue weighted by atomic mass is 9.94.